The fourth-order valence-electron chi connectivity index (χ4n) is 3.57. The van der Waals surface area contributed by atoms with Crippen molar-refractivity contribution in [2.45, 2.75) is 20.8 Å². The molecule has 2 amide bonds. The van der Waals surface area contributed by atoms with Gasteiger partial charge in [-0.05, 0) is 43.5 Å². The molecular formula is C24H29N3O2. The van der Waals surface area contributed by atoms with E-state index in [2.05, 4.69) is 16.3 Å². The monoisotopic (exact) mass is 391 g/mol. The van der Waals surface area contributed by atoms with E-state index in [-0.39, 0.29) is 11.8 Å². The molecule has 2 aromatic rings. The highest BCUT2D eigenvalue weighted by atomic mass is 16.2. The molecule has 152 valence electrons. The van der Waals surface area contributed by atoms with E-state index in [0.29, 0.717) is 32.7 Å². The van der Waals surface area contributed by atoms with Crippen molar-refractivity contribution in [1.29, 1.82) is 0 Å². The summed E-state index contributed by atoms with van der Waals surface area (Å²) in [5.74, 6) is 0.00709. The minimum atomic E-state index is -0.0125. The summed E-state index contributed by atoms with van der Waals surface area (Å²) >= 11 is 0. The largest absolute Gasteiger partial charge is 0.337 e. The Balaban J connectivity index is 1.47. The SMILES string of the molecule is Cc1cccc(C=CC(=O)N2CCN(CC(=O)Nc3c(C)cccc3C)CC2)c1. The number of piperazine rings is 1. The van der Waals surface area contributed by atoms with Gasteiger partial charge in [0.1, 0.15) is 0 Å². The molecule has 29 heavy (non-hydrogen) atoms. The van der Waals surface area contributed by atoms with Gasteiger partial charge in [-0.2, -0.15) is 0 Å². The summed E-state index contributed by atoms with van der Waals surface area (Å²) in [5.41, 5.74) is 5.23. The first-order valence-electron chi connectivity index (χ1n) is 10.0. The van der Waals surface area contributed by atoms with Crippen LogP contribution in [-0.4, -0.2) is 54.3 Å². The molecular weight excluding hydrogens is 362 g/mol. The second-order valence-corrected chi connectivity index (χ2v) is 7.66. The van der Waals surface area contributed by atoms with Crippen molar-refractivity contribution in [3.63, 3.8) is 0 Å². The van der Waals surface area contributed by atoms with Crippen LogP contribution in [0.2, 0.25) is 0 Å². The van der Waals surface area contributed by atoms with Crippen LogP contribution in [0.1, 0.15) is 22.3 Å². The molecule has 2 aromatic carbocycles. The van der Waals surface area contributed by atoms with Crippen LogP contribution < -0.4 is 5.32 Å². The average Bonchev–Trinajstić information content (AvgIpc) is 2.70. The van der Waals surface area contributed by atoms with E-state index in [4.69, 9.17) is 0 Å². The third-order valence-corrected chi connectivity index (χ3v) is 5.26. The van der Waals surface area contributed by atoms with Gasteiger partial charge < -0.3 is 10.2 Å². The number of para-hydroxylation sites is 1. The zero-order valence-electron chi connectivity index (χ0n) is 17.4. The molecule has 0 aromatic heterocycles. The quantitative estimate of drug-likeness (QED) is 0.795. The van der Waals surface area contributed by atoms with Crippen molar-refractivity contribution < 1.29 is 9.59 Å². The fraction of sp³-hybridized carbons (Fsp3) is 0.333. The zero-order chi connectivity index (χ0) is 20.8. The maximum absolute atomic E-state index is 12.4. The first-order chi connectivity index (χ1) is 13.9. The zero-order valence-corrected chi connectivity index (χ0v) is 17.4. The lowest BCUT2D eigenvalue weighted by atomic mass is 10.1. The van der Waals surface area contributed by atoms with Crippen molar-refractivity contribution in [3.05, 3.63) is 70.8 Å². The fourth-order valence-corrected chi connectivity index (χ4v) is 3.57. The highest BCUT2D eigenvalue weighted by Crippen LogP contribution is 2.19. The van der Waals surface area contributed by atoms with Crippen LogP contribution in [-0.2, 0) is 9.59 Å². The summed E-state index contributed by atoms with van der Waals surface area (Å²) in [6.45, 7) is 9.04. The number of aryl methyl sites for hydroxylation is 3. The van der Waals surface area contributed by atoms with Gasteiger partial charge in [0.15, 0.2) is 0 Å². The van der Waals surface area contributed by atoms with Gasteiger partial charge in [-0.15, -0.1) is 0 Å². The summed E-state index contributed by atoms with van der Waals surface area (Å²) in [7, 11) is 0. The van der Waals surface area contributed by atoms with Crippen molar-refractivity contribution in [2.24, 2.45) is 0 Å². The lowest BCUT2D eigenvalue weighted by molar-refractivity contribution is -0.127. The van der Waals surface area contributed by atoms with E-state index in [9.17, 15) is 9.59 Å². The summed E-state index contributed by atoms with van der Waals surface area (Å²) < 4.78 is 0. The first-order valence-corrected chi connectivity index (χ1v) is 10.0. The van der Waals surface area contributed by atoms with Crippen molar-refractivity contribution in [2.75, 3.05) is 38.0 Å². The van der Waals surface area contributed by atoms with Gasteiger partial charge in [-0.1, -0.05) is 48.0 Å². The Kier molecular flexibility index (Phi) is 6.83. The van der Waals surface area contributed by atoms with Crippen LogP contribution in [0.15, 0.2) is 48.5 Å². The number of hydrogen-bond acceptors (Lipinski definition) is 3. The van der Waals surface area contributed by atoms with Crippen LogP contribution in [0, 0.1) is 20.8 Å². The molecule has 1 aliphatic rings. The molecule has 0 bridgehead atoms. The van der Waals surface area contributed by atoms with Crippen LogP contribution >= 0.6 is 0 Å². The number of amides is 2. The number of carbonyl (C=O) groups is 2. The number of benzene rings is 2. The Labute approximate surface area is 173 Å². The van der Waals surface area contributed by atoms with Gasteiger partial charge in [0, 0.05) is 37.9 Å². The lowest BCUT2D eigenvalue weighted by Gasteiger charge is -2.33. The van der Waals surface area contributed by atoms with E-state index in [1.165, 1.54) is 5.56 Å². The van der Waals surface area contributed by atoms with E-state index in [0.717, 1.165) is 22.4 Å². The first kappa shape index (κ1) is 20.8. The molecule has 1 saturated heterocycles. The highest BCUT2D eigenvalue weighted by Gasteiger charge is 2.21. The Morgan fingerprint density at radius 3 is 2.28 bits per heavy atom. The molecule has 1 aliphatic heterocycles. The predicted octanol–water partition coefficient (Wildman–Crippen LogP) is 3.41. The molecule has 0 spiro atoms. The molecule has 0 radical (unpaired) electrons. The molecule has 3 rings (SSSR count). The predicted molar refractivity (Wildman–Crippen MR) is 118 cm³/mol. The lowest BCUT2D eigenvalue weighted by Crippen LogP contribution is -2.50. The van der Waals surface area contributed by atoms with Gasteiger partial charge in [-0.25, -0.2) is 0 Å². The van der Waals surface area contributed by atoms with Gasteiger partial charge >= 0.3 is 0 Å². The highest BCUT2D eigenvalue weighted by molar-refractivity contribution is 5.94. The molecule has 5 nitrogen and oxygen atoms in total. The smallest absolute Gasteiger partial charge is 0.246 e. The number of carbonyl (C=O) groups excluding carboxylic acids is 2. The summed E-state index contributed by atoms with van der Waals surface area (Å²) in [6.07, 6.45) is 3.50. The average molecular weight is 392 g/mol. The van der Waals surface area contributed by atoms with E-state index in [1.807, 2.05) is 68.1 Å². The number of hydrogen-bond donors (Lipinski definition) is 1. The number of nitrogens with zero attached hydrogens (tertiary/aromatic N) is 2. The number of rotatable bonds is 5. The van der Waals surface area contributed by atoms with E-state index < -0.39 is 0 Å². The molecule has 0 unspecified atom stereocenters. The third-order valence-electron chi connectivity index (χ3n) is 5.26. The summed E-state index contributed by atoms with van der Waals surface area (Å²) in [6, 6.07) is 14.1. The van der Waals surface area contributed by atoms with E-state index >= 15 is 0 Å². The molecule has 0 atom stereocenters. The molecule has 1 fully saturated rings. The normalized spacial score (nSPS) is 14.9. The molecule has 1 N–H and O–H groups in total. The molecule has 0 saturated carbocycles. The third kappa shape index (κ3) is 5.78. The van der Waals surface area contributed by atoms with Gasteiger partial charge in [0.05, 0.1) is 6.54 Å². The van der Waals surface area contributed by atoms with Crippen molar-refractivity contribution in [1.82, 2.24) is 9.80 Å². The maximum atomic E-state index is 12.4. The molecule has 1 heterocycles. The maximum Gasteiger partial charge on any atom is 0.246 e. The Morgan fingerprint density at radius 2 is 1.62 bits per heavy atom. The summed E-state index contributed by atoms with van der Waals surface area (Å²) in [5, 5.41) is 3.03. The molecule has 0 aliphatic carbocycles. The van der Waals surface area contributed by atoms with Crippen molar-refractivity contribution in [3.8, 4) is 0 Å². The van der Waals surface area contributed by atoms with Gasteiger partial charge in [0.2, 0.25) is 11.8 Å². The number of anilines is 1. The Morgan fingerprint density at radius 1 is 0.966 bits per heavy atom. The second kappa shape index (κ2) is 9.52. The van der Waals surface area contributed by atoms with Gasteiger partial charge in [-0.3, -0.25) is 14.5 Å². The van der Waals surface area contributed by atoms with E-state index in [1.54, 1.807) is 6.08 Å². The number of nitrogens with one attached hydrogen (secondary N) is 1. The van der Waals surface area contributed by atoms with Crippen LogP contribution in [0.5, 0.6) is 0 Å². The Bertz CT molecular complexity index is 892. The van der Waals surface area contributed by atoms with Crippen molar-refractivity contribution >= 4 is 23.6 Å². The topological polar surface area (TPSA) is 52.7 Å². The minimum Gasteiger partial charge on any atom is -0.337 e. The van der Waals surface area contributed by atoms with Crippen LogP contribution in [0.4, 0.5) is 5.69 Å². The second-order valence-electron chi connectivity index (χ2n) is 7.66. The van der Waals surface area contributed by atoms with Crippen LogP contribution in [0.25, 0.3) is 6.08 Å². The minimum absolute atomic E-state index is 0.0125. The summed E-state index contributed by atoms with van der Waals surface area (Å²) in [4.78, 5) is 28.8. The molecule has 5 heteroatoms. The van der Waals surface area contributed by atoms with Crippen LogP contribution in [0.3, 0.4) is 0 Å². The van der Waals surface area contributed by atoms with Gasteiger partial charge in [0.25, 0.3) is 0 Å². The standard InChI is InChI=1S/C24H29N3O2/c1-18-6-4-9-21(16-18)10-11-23(29)27-14-12-26(13-15-27)17-22(28)25-24-19(2)7-5-8-20(24)3/h4-11,16H,12-15,17H2,1-3H3,(H,25,28). The Hall–Kier alpha value is -2.92.